The number of piperazine rings is 1. The topological polar surface area (TPSA) is 187 Å². The number of nitrogens with one attached hydrogen (secondary N) is 3. The first kappa shape index (κ1) is 43.2. The van der Waals surface area contributed by atoms with E-state index < -0.39 is 36.8 Å². The van der Waals surface area contributed by atoms with Crippen LogP contribution in [0.5, 0.6) is 5.75 Å². The molecule has 17 nitrogen and oxygen atoms in total. The Morgan fingerprint density at radius 3 is 2.39 bits per heavy atom. The minimum absolute atomic E-state index is 0.0817. The van der Waals surface area contributed by atoms with Crippen LogP contribution in [0, 0.1) is 5.92 Å². The number of halogens is 1. The number of ether oxygens (including phenoxy) is 1. The van der Waals surface area contributed by atoms with Gasteiger partial charge in [-0.3, -0.25) is 39.0 Å². The molecule has 19 heteroatoms. The Morgan fingerprint density at radius 2 is 1.66 bits per heavy atom. The third-order valence-corrected chi connectivity index (χ3v) is 14.5. The molecule has 0 saturated carbocycles. The van der Waals surface area contributed by atoms with Crippen molar-refractivity contribution < 1.29 is 28.5 Å². The van der Waals surface area contributed by atoms with Crippen LogP contribution in [0.25, 0.3) is 11.1 Å². The molecule has 3 N–H and O–H groups in total. The quantitative estimate of drug-likeness (QED) is 0.106. The summed E-state index contributed by atoms with van der Waals surface area (Å²) in [5, 5.41) is 14.2. The van der Waals surface area contributed by atoms with Crippen molar-refractivity contribution in [1.82, 2.24) is 34.9 Å². The van der Waals surface area contributed by atoms with Crippen LogP contribution in [-0.2, 0) is 21.2 Å². The van der Waals surface area contributed by atoms with Gasteiger partial charge in [-0.2, -0.15) is 10.1 Å². The van der Waals surface area contributed by atoms with Crippen LogP contribution in [0.1, 0.15) is 40.0 Å². The fraction of sp³-hybridized carbons (Fsp3) is 0.356. The molecule has 2 unspecified atom stereocenters. The fourth-order valence-electron chi connectivity index (χ4n) is 9.11. The van der Waals surface area contributed by atoms with Crippen LogP contribution in [0.4, 0.5) is 34.5 Å². The average Bonchev–Trinajstić information content (AvgIpc) is 3.99. The minimum atomic E-state index is -2.57. The number of fused-ring (bicyclic) bond motifs is 1. The van der Waals surface area contributed by atoms with Crippen molar-refractivity contribution in [3.8, 4) is 16.9 Å². The van der Waals surface area contributed by atoms with Crippen LogP contribution >= 0.6 is 23.1 Å². The lowest BCUT2D eigenvalue weighted by Crippen LogP contribution is -2.54. The number of imide groups is 2. The lowest BCUT2D eigenvalue weighted by molar-refractivity contribution is -0.136. The van der Waals surface area contributed by atoms with Gasteiger partial charge in [0.1, 0.15) is 24.8 Å². The normalized spacial score (nSPS) is 19.3. The number of anilines is 6. The Bertz CT molecular complexity index is 2730. The highest BCUT2D eigenvalue weighted by Crippen LogP contribution is 2.42. The summed E-state index contributed by atoms with van der Waals surface area (Å²) >= 11 is 3.58. The largest absolute Gasteiger partial charge is 0.494 e. The van der Waals surface area contributed by atoms with Gasteiger partial charge in [-0.15, -0.1) is 0 Å². The van der Waals surface area contributed by atoms with Gasteiger partial charge in [-0.05, 0) is 84.4 Å². The van der Waals surface area contributed by atoms with Gasteiger partial charge in [0.25, 0.3) is 11.8 Å². The molecule has 9 rings (SSSR count). The highest BCUT2D eigenvalue weighted by Gasteiger charge is 2.45. The second kappa shape index (κ2) is 17.5. The van der Waals surface area contributed by atoms with Crippen molar-refractivity contribution in [3.63, 3.8) is 0 Å². The summed E-state index contributed by atoms with van der Waals surface area (Å²) in [5.41, 5.74) is 5.82. The monoisotopic (exact) mass is 949 g/mol. The molecule has 0 bridgehead atoms. The van der Waals surface area contributed by atoms with Crippen LogP contribution in [-0.4, -0.2) is 125 Å². The number of hydrogen-bond donors (Lipinski definition) is 3. The molecule has 3 fully saturated rings. The van der Waals surface area contributed by atoms with E-state index in [9.17, 15) is 23.7 Å². The molecule has 3 saturated heterocycles. The fourth-order valence-corrected chi connectivity index (χ4v) is 10.6. The maximum atomic E-state index is 13.5. The van der Waals surface area contributed by atoms with E-state index in [2.05, 4.69) is 68.8 Å². The minimum Gasteiger partial charge on any atom is -0.494 e. The molecular formula is C45H49BrN11O6P. The highest BCUT2D eigenvalue weighted by atomic mass is 79.9. The van der Waals surface area contributed by atoms with Crippen molar-refractivity contribution in [2.24, 2.45) is 13.0 Å². The standard InChI is InChI=1S/C45H49BrN11O6P/c1-53-26-28(22-48-53)31-20-35(50-45-47-23-33(46)41(52-45)49-34-7-5-6-8-39(34)64(3,4)62)38(63-2)21-37(31)55-17-15-54(16-18-55)24-27-13-14-56(25-27)29-9-10-30-32(19-29)44(61)57(43(30)60)36-11-12-40(58)51-42(36)59/h5-10,19-23,26-27,36H,11-18,24-25H2,1-4H3,(H,51,58,59)(H2,47,49,50,52). The van der Waals surface area contributed by atoms with Crippen molar-refractivity contribution in [1.29, 1.82) is 0 Å². The SMILES string of the molecule is COc1cc(N2CCN(CC3CCN(c4ccc5c(c4)C(=O)N(C4CCC(=O)NC4=O)C5=O)C3)CC2)c(-c2cnn(C)c2)cc1Nc1ncc(Br)c(Nc2ccccc2P(C)(C)=O)n1. The highest BCUT2D eigenvalue weighted by molar-refractivity contribution is 9.10. The molecule has 0 radical (unpaired) electrons. The zero-order valence-corrected chi connectivity index (χ0v) is 38.5. The zero-order valence-electron chi connectivity index (χ0n) is 36.0. The van der Waals surface area contributed by atoms with E-state index in [1.165, 1.54) is 0 Å². The first-order valence-corrected chi connectivity index (χ1v) is 24.6. The number of para-hydroxylation sites is 1. The summed E-state index contributed by atoms with van der Waals surface area (Å²) in [6.45, 7) is 9.42. The maximum Gasteiger partial charge on any atom is 0.262 e. The van der Waals surface area contributed by atoms with Crippen LogP contribution in [0.15, 0.2) is 77.7 Å². The van der Waals surface area contributed by atoms with Crippen LogP contribution in [0.3, 0.4) is 0 Å². The van der Waals surface area contributed by atoms with Crippen LogP contribution < -0.4 is 35.8 Å². The van der Waals surface area contributed by atoms with Crippen molar-refractivity contribution >= 4 is 86.5 Å². The summed E-state index contributed by atoms with van der Waals surface area (Å²) in [7, 11) is 0.973. The molecule has 2 atom stereocenters. The van der Waals surface area contributed by atoms with Gasteiger partial charge in [-0.25, -0.2) is 4.98 Å². The Labute approximate surface area is 379 Å². The van der Waals surface area contributed by atoms with Gasteiger partial charge in [0.05, 0.1) is 40.3 Å². The zero-order chi connectivity index (χ0) is 44.9. The number of aromatic nitrogens is 4. The number of carbonyl (C=O) groups excluding carboxylic acids is 4. The third-order valence-electron chi connectivity index (χ3n) is 12.4. The summed E-state index contributed by atoms with van der Waals surface area (Å²) in [6, 6.07) is 16.0. The molecule has 0 aliphatic carbocycles. The van der Waals surface area contributed by atoms with Crippen molar-refractivity contribution in [2.75, 3.05) is 86.7 Å². The molecular weight excluding hydrogens is 901 g/mol. The van der Waals surface area contributed by atoms with E-state index in [0.29, 0.717) is 44.8 Å². The molecule has 64 heavy (non-hydrogen) atoms. The lowest BCUT2D eigenvalue weighted by atomic mass is 10.0. The summed E-state index contributed by atoms with van der Waals surface area (Å²) in [5.74, 6) is -0.101. The second-order valence-electron chi connectivity index (χ2n) is 17.0. The summed E-state index contributed by atoms with van der Waals surface area (Å²) in [4.78, 5) is 68.5. The predicted octanol–water partition coefficient (Wildman–Crippen LogP) is 5.43. The molecule has 332 valence electrons. The molecule has 5 aromatic rings. The van der Waals surface area contributed by atoms with E-state index in [1.54, 1.807) is 43.5 Å². The van der Waals surface area contributed by atoms with Gasteiger partial charge in [0.15, 0.2) is 0 Å². The van der Waals surface area contributed by atoms with E-state index in [1.807, 2.05) is 49.8 Å². The average molecular weight is 951 g/mol. The summed E-state index contributed by atoms with van der Waals surface area (Å²) < 4.78 is 21.5. The van der Waals surface area contributed by atoms with Gasteiger partial charge >= 0.3 is 0 Å². The number of methoxy groups -OCH3 is 1. The van der Waals surface area contributed by atoms with Gasteiger partial charge in [-0.1, -0.05) is 12.1 Å². The first-order valence-electron chi connectivity index (χ1n) is 21.2. The number of amides is 4. The summed E-state index contributed by atoms with van der Waals surface area (Å²) in [6.07, 6.45) is 6.72. The third kappa shape index (κ3) is 8.61. The number of aryl methyl sites for hydroxylation is 1. The Kier molecular flexibility index (Phi) is 11.8. The Balaban J connectivity index is 0.867. The van der Waals surface area contributed by atoms with E-state index in [0.717, 1.165) is 84.9 Å². The number of hydrogen-bond acceptors (Lipinski definition) is 14. The van der Waals surface area contributed by atoms with Crippen molar-refractivity contribution in [2.45, 2.75) is 25.3 Å². The van der Waals surface area contributed by atoms with Gasteiger partial charge in [0, 0.05) is 106 Å². The molecule has 4 amide bonds. The predicted molar refractivity (Wildman–Crippen MR) is 249 cm³/mol. The number of nitrogens with zero attached hydrogens (tertiary/aromatic N) is 8. The Morgan fingerprint density at radius 1 is 0.875 bits per heavy atom. The number of rotatable bonds is 12. The second-order valence-corrected chi connectivity index (χ2v) is 21.1. The molecule has 6 heterocycles. The van der Waals surface area contributed by atoms with Gasteiger partial charge in [0.2, 0.25) is 17.8 Å². The maximum absolute atomic E-state index is 13.5. The number of benzene rings is 3. The molecule has 4 aliphatic rings. The van der Waals surface area contributed by atoms with Crippen molar-refractivity contribution in [3.05, 3.63) is 88.8 Å². The number of piperidine rings is 1. The molecule has 4 aliphatic heterocycles. The molecule has 3 aromatic carbocycles. The van der Waals surface area contributed by atoms with E-state index >= 15 is 0 Å². The van der Waals surface area contributed by atoms with E-state index in [-0.39, 0.29) is 18.4 Å². The Hall–Kier alpha value is -6.10. The number of carbonyl (C=O) groups is 4. The molecule has 2 aromatic heterocycles. The molecule has 0 spiro atoms. The van der Waals surface area contributed by atoms with Gasteiger partial charge < -0.3 is 29.7 Å². The van der Waals surface area contributed by atoms with E-state index in [4.69, 9.17) is 9.72 Å². The first-order chi connectivity index (χ1) is 30.7. The smallest absolute Gasteiger partial charge is 0.262 e. The van der Waals surface area contributed by atoms with Crippen LogP contribution in [0.2, 0.25) is 0 Å². The lowest BCUT2D eigenvalue weighted by Gasteiger charge is -2.38.